The van der Waals surface area contributed by atoms with E-state index in [1.54, 1.807) is 12.1 Å². The Hall–Kier alpha value is -1.11. The van der Waals surface area contributed by atoms with Gasteiger partial charge in [-0.15, -0.1) is 0 Å². The first-order valence-electron chi connectivity index (χ1n) is 6.12. The van der Waals surface area contributed by atoms with Gasteiger partial charge in [-0.25, -0.2) is 13.6 Å². The fourth-order valence-corrected chi connectivity index (χ4v) is 3.43. The van der Waals surface area contributed by atoms with Crippen LogP contribution >= 0.6 is 0 Å². The molecule has 2 unspecified atom stereocenters. The van der Waals surface area contributed by atoms with Gasteiger partial charge in [-0.2, -0.15) is 0 Å². The van der Waals surface area contributed by atoms with Crippen molar-refractivity contribution in [1.29, 1.82) is 0 Å². The first-order valence-corrected chi connectivity index (χ1v) is 7.67. The highest BCUT2D eigenvalue weighted by molar-refractivity contribution is 7.89. The summed E-state index contributed by atoms with van der Waals surface area (Å²) in [7, 11) is -3.59. The molecule has 5 nitrogen and oxygen atoms in total. The van der Waals surface area contributed by atoms with E-state index in [2.05, 4.69) is 10.2 Å². The van der Waals surface area contributed by atoms with E-state index in [0.717, 1.165) is 43.7 Å². The van der Waals surface area contributed by atoms with Crippen molar-refractivity contribution < 1.29 is 8.42 Å². The lowest BCUT2D eigenvalue weighted by Crippen LogP contribution is -2.25. The van der Waals surface area contributed by atoms with Crippen molar-refractivity contribution in [3.8, 4) is 0 Å². The molecule has 2 heterocycles. The quantitative estimate of drug-likeness (QED) is 0.790. The molecule has 18 heavy (non-hydrogen) atoms. The summed E-state index contributed by atoms with van der Waals surface area (Å²) >= 11 is 0. The summed E-state index contributed by atoms with van der Waals surface area (Å²) in [6, 6.07) is 6.84. The Morgan fingerprint density at radius 1 is 1.11 bits per heavy atom. The molecule has 0 amide bonds. The Kier molecular flexibility index (Phi) is 2.80. The molecular formula is C12H17N3O2S. The van der Waals surface area contributed by atoms with Gasteiger partial charge in [0.2, 0.25) is 10.0 Å². The van der Waals surface area contributed by atoms with E-state index in [-0.39, 0.29) is 4.90 Å². The molecule has 2 saturated heterocycles. The second-order valence-electron chi connectivity index (χ2n) is 5.12. The number of nitrogens with one attached hydrogen (secondary N) is 1. The third kappa shape index (κ3) is 2.11. The van der Waals surface area contributed by atoms with Crippen LogP contribution in [0.3, 0.4) is 0 Å². The van der Waals surface area contributed by atoms with Gasteiger partial charge in [-0.05, 0) is 36.1 Å². The number of hydrogen-bond donors (Lipinski definition) is 2. The number of hydrogen-bond acceptors (Lipinski definition) is 4. The SMILES string of the molecule is NS(=O)(=O)c1ccc(N2CC3CNCC3C2)cc1. The molecule has 1 aromatic rings. The predicted octanol–water partition coefficient (Wildman–Crippen LogP) is -0.0104. The monoisotopic (exact) mass is 267 g/mol. The van der Waals surface area contributed by atoms with Crippen LogP contribution in [0.25, 0.3) is 0 Å². The molecule has 6 heteroatoms. The molecule has 2 aliphatic rings. The molecule has 0 bridgehead atoms. The third-order valence-electron chi connectivity index (χ3n) is 3.92. The molecule has 0 saturated carbocycles. The molecule has 0 aliphatic carbocycles. The van der Waals surface area contributed by atoms with Gasteiger partial charge in [0.05, 0.1) is 4.90 Å². The van der Waals surface area contributed by atoms with Crippen molar-refractivity contribution >= 4 is 15.7 Å². The topological polar surface area (TPSA) is 75.4 Å². The fourth-order valence-electron chi connectivity index (χ4n) is 2.91. The largest absolute Gasteiger partial charge is 0.371 e. The van der Waals surface area contributed by atoms with Gasteiger partial charge in [-0.3, -0.25) is 0 Å². The molecule has 2 atom stereocenters. The zero-order valence-corrected chi connectivity index (χ0v) is 10.9. The second kappa shape index (κ2) is 4.22. The summed E-state index contributed by atoms with van der Waals surface area (Å²) in [6.45, 7) is 4.28. The third-order valence-corrected chi connectivity index (χ3v) is 4.85. The first kappa shape index (κ1) is 12.0. The number of rotatable bonds is 2. The number of anilines is 1. The lowest BCUT2D eigenvalue weighted by molar-refractivity contribution is 0.533. The molecule has 3 rings (SSSR count). The molecular weight excluding hydrogens is 250 g/mol. The number of fused-ring (bicyclic) bond motifs is 1. The van der Waals surface area contributed by atoms with Gasteiger partial charge in [0.15, 0.2) is 0 Å². The lowest BCUT2D eigenvalue weighted by Gasteiger charge is -2.19. The molecule has 0 spiro atoms. The average Bonchev–Trinajstić information content (AvgIpc) is 2.88. The van der Waals surface area contributed by atoms with Crippen LogP contribution in [0.4, 0.5) is 5.69 Å². The van der Waals surface area contributed by atoms with Gasteiger partial charge < -0.3 is 10.2 Å². The van der Waals surface area contributed by atoms with Crippen LogP contribution in [0, 0.1) is 11.8 Å². The molecule has 1 aromatic carbocycles. The van der Waals surface area contributed by atoms with Crippen LogP contribution < -0.4 is 15.4 Å². The maximum absolute atomic E-state index is 11.2. The maximum Gasteiger partial charge on any atom is 0.238 e. The Balaban J connectivity index is 1.78. The minimum Gasteiger partial charge on any atom is -0.371 e. The van der Waals surface area contributed by atoms with E-state index >= 15 is 0 Å². The molecule has 3 N–H and O–H groups in total. The van der Waals surface area contributed by atoms with Gasteiger partial charge >= 0.3 is 0 Å². The van der Waals surface area contributed by atoms with E-state index in [9.17, 15) is 8.42 Å². The van der Waals surface area contributed by atoms with Crippen molar-refractivity contribution in [1.82, 2.24) is 5.32 Å². The number of nitrogens with two attached hydrogens (primary N) is 1. The number of benzene rings is 1. The summed E-state index contributed by atoms with van der Waals surface area (Å²) in [6.07, 6.45) is 0. The van der Waals surface area contributed by atoms with Crippen LogP contribution in [0.1, 0.15) is 0 Å². The molecule has 2 aliphatic heterocycles. The number of primary sulfonamides is 1. The van der Waals surface area contributed by atoms with Crippen molar-refractivity contribution in [2.24, 2.45) is 17.0 Å². The molecule has 0 aromatic heterocycles. The van der Waals surface area contributed by atoms with E-state index in [1.165, 1.54) is 0 Å². The number of nitrogens with zero attached hydrogens (tertiary/aromatic N) is 1. The van der Waals surface area contributed by atoms with Gasteiger partial charge in [0, 0.05) is 31.9 Å². The zero-order valence-electron chi connectivity index (χ0n) is 10.0. The maximum atomic E-state index is 11.2. The van der Waals surface area contributed by atoms with Crippen LogP contribution in [0.2, 0.25) is 0 Å². The summed E-state index contributed by atoms with van der Waals surface area (Å²) in [5.41, 5.74) is 1.08. The van der Waals surface area contributed by atoms with E-state index in [1.807, 2.05) is 12.1 Å². The van der Waals surface area contributed by atoms with E-state index in [0.29, 0.717) is 0 Å². The Morgan fingerprint density at radius 2 is 1.67 bits per heavy atom. The zero-order chi connectivity index (χ0) is 12.8. The lowest BCUT2D eigenvalue weighted by atomic mass is 10.0. The summed E-state index contributed by atoms with van der Waals surface area (Å²) in [5.74, 6) is 1.45. The van der Waals surface area contributed by atoms with Crippen LogP contribution in [-0.4, -0.2) is 34.6 Å². The molecule has 98 valence electrons. The van der Waals surface area contributed by atoms with Crippen molar-refractivity contribution in [2.75, 3.05) is 31.1 Å². The standard InChI is InChI=1S/C12H17N3O2S/c13-18(16,17)12-3-1-11(2-4-12)15-7-9-5-14-6-10(9)8-15/h1-4,9-10,14H,5-8H2,(H2,13,16,17). The van der Waals surface area contributed by atoms with Crippen molar-refractivity contribution in [3.63, 3.8) is 0 Å². The van der Waals surface area contributed by atoms with Crippen LogP contribution in [0.15, 0.2) is 29.2 Å². The minimum atomic E-state index is -3.59. The van der Waals surface area contributed by atoms with Crippen molar-refractivity contribution in [3.05, 3.63) is 24.3 Å². The minimum absolute atomic E-state index is 0.173. The Labute approximate surface area is 107 Å². The fraction of sp³-hybridized carbons (Fsp3) is 0.500. The average molecular weight is 267 g/mol. The predicted molar refractivity (Wildman–Crippen MR) is 69.9 cm³/mol. The Bertz CT molecular complexity index is 529. The van der Waals surface area contributed by atoms with E-state index in [4.69, 9.17) is 5.14 Å². The highest BCUT2D eigenvalue weighted by Gasteiger charge is 2.36. The summed E-state index contributed by atoms with van der Waals surface area (Å²) < 4.78 is 22.4. The second-order valence-corrected chi connectivity index (χ2v) is 6.68. The molecule has 2 fully saturated rings. The highest BCUT2D eigenvalue weighted by Crippen LogP contribution is 2.30. The normalized spacial score (nSPS) is 27.5. The van der Waals surface area contributed by atoms with Gasteiger partial charge in [0.1, 0.15) is 0 Å². The van der Waals surface area contributed by atoms with Crippen LogP contribution in [-0.2, 0) is 10.0 Å². The Morgan fingerprint density at radius 3 is 2.17 bits per heavy atom. The van der Waals surface area contributed by atoms with Gasteiger partial charge in [-0.1, -0.05) is 0 Å². The van der Waals surface area contributed by atoms with Crippen LogP contribution in [0.5, 0.6) is 0 Å². The summed E-state index contributed by atoms with van der Waals surface area (Å²) in [5, 5.41) is 8.49. The van der Waals surface area contributed by atoms with Crippen molar-refractivity contribution in [2.45, 2.75) is 4.90 Å². The van der Waals surface area contributed by atoms with Gasteiger partial charge in [0.25, 0.3) is 0 Å². The van der Waals surface area contributed by atoms with E-state index < -0.39 is 10.0 Å². The smallest absolute Gasteiger partial charge is 0.238 e. The summed E-state index contributed by atoms with van der Waals surface area (Å²) in [4.78, 5) is 2.50. The number of sulfonamides is 1. The highest BCUT2D eigenvalue weighted by atomic mass is 32.2. The first-order chi connectivity index (χ1) is 8.54. The molecule has 0 radical (unpaired) electrons.